The number of hydrogen-bond donors (Lipinski definition) is 2. The SMILES string of the molecule is CC(C)COc1ccccc1-c1ccc(CN)c(=O)[nH]1. The molecule has 106 valence electrons. The first kappa shape index (κ1) is 14.3. The number of nitrogens with two attached hydrogens (primary N) is 1. The molecule has 0 aliphatic heterocycles. The van der Waals surface area contributed by atoms with Crippen LogP contribution in [0.2, 0.25) is 0 Å². The summed E-state index contributed by atoms with van der Waals surface area (Å²) in [6, 6.07) is 11.3. The van der Waals surface area contributed by atoms with Crippen molar-refractivity contribution in [2.24, 2.45) is 11.7 Å². The molecule has 0 atom stereocenters. The number of ether oxygens (including phenoxy) is 1. The fraction of sp³-hybridized carbons (Fsp3) is 0.312. The summed E-state index contributed by atoms with van der Waals surface area (Å²) >= 11 is 0. The van der Waals surface area contributed by atoms with E-state index < -0.39 is 0 Å². The quantitative estimate of drug-likeness (QED) is 0.879. The number of para-hydroxylation sites is 1. The van der Waals surface area contributed by atoms with Gasteiger partial charge in [0, 0.05) is 17.7 Å². The zero-order chi connectivity index (χ0) is 14.5. The zero-order valence-electron chi connectivity index (χ0n) is 11.8. The molecule has 0 saturated heterocycles. The molecule has 0 aliphatic carbocycles. The molecule has 0 unspecified atom stereocenters. The van der Waals surface area contributed by atoms with Crippen LogP contribution in [-0.4, -0.2) is 11.6 Å². The molecule has 1 aromatic heterocycles. The molecule has 20 heavy (non-hydrogen) atoms. The number of pyridine rings is 1. The second kappa shape index (κ2) is 6.39. The Morgan fingerprint density at radius 1 is 1.20 bits per heavy atom. The molecular formula is C16H20N2O2. The topological polar surface area (TPSA) is 68.1 Å². The molecule has 0 spiro atoms. The van der Waals surface area contributed by atoms with E-state index in [-0.39, 0.29) is 12.1 Å². The van der Waals surface area contributed by atoms with E-state index >= 15 is 0 Å². The minimum absolute atomic E-state index is 0.149. The number of nitrogens with one attached hydrogen (secondary N) is 1. The molecule has 4 heteroatoms. The van der Waals surface area contributed by atoms with Gasteiger partial charge in [0.05, 0.1) is 12.3 Å². The van der Waals surface area contributed by atoms with E-state index in [1.165, 1.54) is 0 Å². The summed E-state index contributed by atoms with van der Waals surface area (Å²) in [5.41, 5.74) is 7.56. The highest BCUT2D eigenvalue weighted by molar-refractivity contribution is 5.67. The van der Waals surface area contributed by atoms with Crippen molar-refractivity contribution in [3.63, 3.8) is 0 Å². The first-order valence-corrected chi connectivity index (χ1v) is 6.76. The summed E-state index contributed by atoms with van der Waals surface area (Å²) in [6.07, 6.45) is 0. The fourth-order valence-electron chi connectivity index (χ4n) is 1.89. The Hall–Kier alpha value is -2.07. The van der Waals surface area contributed by atoms with Gasteiger partial charge in [0.15, 0.2) is 0 Å². The molecule has 1 heterocycles. The lowest BCUT2D eigenvalue weighted by molar-refractivity contribution is 0.272. The first-order chi connectivity index (χ1) is 9.61. The molecule has 3 N–H and O–H groups in total. The highest BCUT2D eigenvalue weighted by atomic mass is 16.5. The van der Waals surface area contributed by atoms with Gasteiger partial charge in [0.25, 0.3) is 5.56 Å². The lowest BCUT2D eigenvalue weighted by atomic mass is 10.1. The van der Waals surface area contributed by atoms with Crippen LogP contribution in [0.1, 0.15) is 19.4 Å². The van der Waals surface area contributed by atoms with Crippen molar-refractivity contribution >= 4 is 0 Å². The second-order valence-corrected chi connectivity index (χ2v) is 5.13. The molecule has 4 nitrogen and oxygen atoms in total. The van der Waals surface area contributed by atoms with Crippen LogP contribution < -0.4 is 16.0 Å². The molecule has 0 radical (unpaired) electrons. The first-order valence-electron chi connectivity index (χ1n) is 6.76. The van der Waals surface area contributed by atoms with Gasteiger partial charge in [-0.1, -0.05) is 32.0 Å². The van der Waals surface area contributed by atoms with E-state index in [1.807, 2.05) is 30.3 Å². The van der Waals surface area contributed by atoms with Crippen molar-refractivity contribution in [3.05, 3.63) is 52.3 Å². The molecule has 2 aromatic rings. The fourth-order valence-corrected chi connectivity index (χ4v) is 1.89. The van der Waals surface area contributed by atoms with Crippen LogP contribution in [-0.2, 0) is 6.54 Å². The summed E-state index contributed by atoms with van der Waals surface area (Å²) in [6.45, 7) is 5.07. The minimum atomic E-state index is -0.149. The number of aromatic nitrogens is 1. The van der Waals surface area contributed by atoms with E-state index in [4.69, 9.17) is 10.5 Å². The number of benzene rings is 1. The molecule has 0 fully saturated rings. The highest BCUT2D eigenvalue weighted by Gasteiger charge is 2.08. The normalized spacial score (nSPS) is 10.8. The van der Waals surface area contributed by atoms with Crippen LogP contribution >= 0.6 is 0 Å². The molecule has 1 aromatic carbocycles. The molecule has 0 aliphatic rings. The van der Waals surface area contributed by atoms with Crippen molar-refractivity contribution in [2.75, 3.05) is 6.61 Å². The third-order valence-corrected chi connectivity index (χ3v) is 2.96. The maximum absolute atomic E-state index is 11.8. The molecule has 0 saturated carbocycles. The van der Waals surface area contributed by atoms with Crippen molar-refractivity contribution in [1.29, 1.82) is 0 Å². The lowest BCUT2D eigenvalue weighted by Gasteiger charge is -2.13. The van der Waals surface area contributed by atoms with Gasteiger partial charge >= 0.3 is 0 Å². The predicted octanol–water partition coefficient (Wildman–Crippen LogP) is 2.54. The van der Waals surface area contributed by atoms with Gasteiger partial charge in [-0.2, -0.15) is 0 Å². The summed E-state index contributed by atoms with van der Waals surface area (Å²) in [4.78, 5) is 14.7. The van der Waals surface area contributed by atoms with E-state index in [1.54, 1.807) is 6.07 Å². The number of aromatic amines is 1. The largest absolute Gasteiger partial charge is 0.493 e. The maximum Gasteiger partial charge on any atom is 0.252 e. The molecule has 0 bridgehead atoms. The Balaban J connectivity index is 2.37. The van der Waals surface area contributed by atoms with E-state index in [9.17, 15) is 4.79 Å². The molecule has 2 rings (SSSR count). The smallest absolute Gasteiger partial charge is 0.252 e. The third-order valence-electron chi connectivity index (χ3n) is 2.96. The minimum Gasteiger partial charge on any atom is -0.493 e. The third kappa shape index (κ3) is 3.27. The molecule has 0 amide bonds. The van der Waals surface area contributed by atoms with Gasteiger partial charge in [-0.15, -0.1) is 0 Å². The predicted molar refractivity (Wildman–Crippen MR) is 80.7 cm³/mol. The lowest BCUT2D eigenvalue weighted by Crippen LogP contribution is -2.16. The Morgan fingerprint density at radius 2 is 1.95 bits per heavy atom. The Labute approximate surface area is 118 Å². The van der Waals surface area contributed by atoms with Crippen molar-refractivity contribution < 1.29 is 4.74 Å². The van der Waals surface area contributed by atoms with E-state index in [0.717, 1.165) is 17.0 Å². The van der Waals surface area contributed by atoms with Crippen molar-refractivity contribution in [1.82, 2.24) is 4.98 Å². The van der Waals surface area contributed by atoms with Crippen LogP contribution in [0.25, 0.3) is 11.3 Å². The van der Waals surface area contributed by atoms with Gasteiger partial charge in [0.2, 0.25) is 0 Å². The summed E-state index contributed by atoms with van der Waals surface area (Å²) in [5, 5.41) is 0. The monoisotopic (exact) mass is 272 g/mol. The van der Waals surface area contributed by atoms with Crippen LogP contribution in [0.5, 0.6) is 5.75 Å². The standard InChI is InChI=1S/C16H20N2O2/c1-11(2)10-20-15-6-4-3-5-13(15)14-8-7-12(9-17)16(19)18-14/h3-8,11H,9-10,17H2,1-2H3,(H,18,19). The Kier molecular flexibility index (Phi) is 4.58. The Morgan fingerprint density at radius 3 is 2.60 bits per heavy atom. The molecular weight excluding hydrogens is 252 g/mol. The number of H-pyrrole nitrogens is 1. The van der Waals surface area contributed by atoms with Crippen molar-refractivity contribution in [3.8, 4) is 17.0 Å². The van der Waals surface area contributed by atoms with Crippen LogP contribution in [0, 0.1) is 5.92 Å². The summed E-state index contributed by atoms with van der Waals surface area (Å²) in [7, 11) is 0. The average Bonchev–Trinajstić information content (AvgIpc) is 2.45. The van der Waals surface area contributed by atoms with E-state index in [2.05, 4.69) is 18.8 Å². The van der Waals surface area contributed by atoms with Crippen LogP contribution in [0.3, 0.4) is 0 Å². The number of hydrogen-bond acceptors (Lipinski definition) is 3. The van der Waals surface area contributed by atoms with E-state index in [0.29, 0.717) is 18.1 Å². The second-order valence-electron chi connectivity index (χ2n) is 5.13. The van der Waals surface area contributed by atoms with Gasteiger partial charge in [-0.05, 0) is 24.1 Å². The van der Waals surface area contributed by atoms with Gasteiger partial charge < -0.3 is 15.5 Å². The van der Waals surface area contributed by atoms with Crippen LogP contribution in [0.4, 0.5) is 0 Å². The zero-order valence-corrected chi connectivity index (χ0v) is 11.8. The maximum atomic E-state index is 11.8. The van der Waals surface area contributed by atoms with Gasteiger partial charge in [0.1, 0.15) is 5.75 Å². The van der Waals surface area contributed by atoms with Crippen LogP contribution in [0.15, 0.2) is 41.2 Å². The highest BCUT2D eigenvalue weighted by Crippen LogP contribution is 2.28. The van der Waals surface area contributed by atoms with Crippen molar-refractivity contribution in [2.45, 2.75) is 20.4 Å². The Bertz CT molecular complexity index is 632. The summed E-state index contributed by atoms with van der Waals surface area (Å²) in [5.74, 6) is 1.22. The average molecular weight is 272 g/mol. The van der Waals surface area contributed by atoms with Gasteiger partial charge in [-0.3, -0.25) is 4.79 Å². The van der Waals surface area contributed by atoms with Gasteiger partial charge in [-0.25, -0.2) is 0 Å². The number of rotatable bonds is 5. The summed E-state index contributed by atoms with van der Waals surface area (Å²) < 4.78 is 5.80.